The van der Waals surface area contributed by atoms with Crippen molar-refractivity contribution < 1.29 is 14.7 Å². The van der Waals surface area contributed by atoms with Gasteiger partial charge in [-0.05, 0) is 37.5 Å². The van der Waals surface area contributed by atoms with Gasteiger partial charge in [0.25, 0.3) is 0 Å². The monoisotopic (exact) mass is 280 g/mol. The van der Waals surface area contributed by atoms with E-state index in [1.807, 2.05) is 4.90 Å². The number of carboxylic acids is 1. The van der Waals surface area contributed by atoms with Gasteiger partial charge in [0.2, 0.25) is 5.91 Å². The van der Waals surface area contributed by atoms with Gasteiger partial charge in [0.15, 0.2) is 0 Å². The van der Waals surface area contributed by atoms with Crippen molar-refractivity contribution in [2.45, 2.75) is 44.6 Å². The summed E-state index contributed by atoms with van der Waals surface area (Å²) in [4.78, 5) is 27.3. The Morgan fingerprint density at radius 2 is 1.80 bits per heavy atom. The average Bonchev–Trinajstić information content (AvgIpc) is 3.23. The first-order chi connectivity index (χ1) is 9.61. The average molecular weight is 280 g/mol. The van der Waals surface area contributed by atoms with Crippen molar-refractivity contribution in [3.63, 3.8) is 0 Å². The number of amides is 1. The number of piperidine rings is 1. The fraction of sp³-hybridized carbons (Fsp3) is 0.867. The van der Waals surface area contributed by atoms with Gasteiger partial charge in [-0.2, -0.15) is 0 Å². The maximum Gasteiger partial charge on any atom is 0.303 e. The lowest BCUT2D eigenvalue weighted by Crippen LogP contribution is -2.45. The molecule has 0 aromatic carbocycles. The molecule has 5 nitrogen and oxygen atoms in total. The molecular formula is C15H24N2O3. The molecule has 1 N–H and O–H groups in total. The molecule has 0 aromatic rings. The zero-order chi connectivity index (χ0) is 14.1. The number of carboxylic acid groups (broad SMARTS) is 1. The van der Waals surface area contributed by atoms with E-state index in [1.165, 1.54) is 32.2 Å². The third-order valence-electron chi connectivity index (χ3n) is 4.92. The summed E-state index contributed by atoms with van der Waals surface area (Å²) in [7, 11) is 0. The van der Waals surface area contributed by atoms with Crippen molar-refractivity contribution in [1.29, 1.82) is 0 Å². The van der Waals surface area contributed by atoms with Crippen LogP contribution in [0.1, 0.15) is 38.5 Å². The minimum absolute atomic E-state index is 0.0255. The molecule has 0 aromatic heterocycles. The summed E-state index contributed by atoms with van der Waals surface area (Å²) < 4.78 is 0. The molecule has 20 heavy (non-hydrogen) atoms. The largest absolute Gasteiger partial charge is 0.481 e. The first-order valence-electron chi connectivity index (χ1n) is 7.85. The Labute approximate surface area is 119 Å². The van der Waals surface area contributed by atoms with Gasteiger partial charge in [0, 0.05) is 38.6 Å². The lowest BCUT2D eigenvalue weighted by Gasteiger charge is -2.36. The molecule has 1 saturated carbocycles. The Morgan fingerprint density at radius 3 is 2.50 bits per heavy atom. The van der Waals surface area contributed by atoms with Gasteiger partial charge in [-0.3, -0.25) is 14.5 Å². The zero-order valence-corrected chi connectivity index (χ0v) is 12.0. The second kappa shape index (κ2) is 5.72. The van der Waals surface area contributed by atoms with Gasteiger partial charge < -0.3 is 10.0 Å². The Hall–Kier alpha value is -1.10. The van der Waals surface area contributed by atoms with Gasteiger partial charge in [-0.1, -0.05) is 0 Å². The van der Waals surface area contributed by atoms with Crippen molar-refractivity contribution in [2.75, 3.05) is 26.2 Å². The number of carbonyl (C=O) groups is 2. The van der Waals surface area contributed by atoms with E-state index in [9.17, 15) is 9.59 Å². The van der Waals surface area contributed by atoms with Crippen molar-refractivity contribution in [2.24, 2.45) is 11.8 Å². The third-order valence-corrected chi connectivity index (χ3v) is 4.92. The van der Waals surface area contributed by atoms with E-state index < -0.39 is 5.97 Å². The highest BCUT2D eigenvalue weighted by atomic mass is 16.4. The minimum atomic E-state index is -0.883. The van der Waals surface area contributed by atoms with Crippen LogP contribution >= 0.6 is 0 Å². The van der Waals surface area contributed by atoms with Gasteiger partial charge in [0.1, 0.15) is 0 Å². The fourth-order valence-electron chi connectivity index (χ4n) is 3.61. The van der Waals surface area contributed by atoms with Crippen LogP contribution in [0.2, 0.25) is 0 Å². The highest BCUT2D eigenvalue weighted by Gasteiger charge is 2.38. The van der Waals surface area contributed by atoms with Crippen molar-refractivity contribution in [1.82, 2.24) is 9.80 Å². The minimum Gasteiger partial charge on any atom is -0.481 e. The summed E-state index contributed by atoms with van der Waals surface area (Å²) in [6, 6.07) is 0.503. The van der Waals surface area contributed by atoms with Crippen LogP contribution in [0.25, 0.3) is 0 Å². The quantitative estimate of drug-likeness (QED) is 0.821. The lowest BCUT2D eigenvalue weighted by atomic mass is 9.95. The Kier molecular flexibility index (Phi) is 3.96. The molecule has 3 aliphatic heterocycles. The maximum absolute atomic E-state index is 12.2. The summed E-state index contributed by atoms with van der Waals surface area (Å²) in [5.41, 5.74) is 0. The Morgan fingerprint density at radius 1 is 1.00 bits per heavy atom. The normalized spacial score (nSPS) is 30.3. The predicted molar refractivity (Wildman–Crippen MR) is 74.3 cm³/mol. The van der Waals surface area contributed by atoms with E-state index in [4.69, 9.17) is 5.11 Å². The molecule has 3 heterocycles. The third kappa shape index (κ3) is 3.32. The van der Waals surface area contributed by atoms with Crippen LogP contribution in [0, 0.1) is 11.8 Å². The summed E-state index contributed by atoms with van der Waals surface area (Å²) >= 11 is 0. The summed E-state index contributed by atoms with van der Waals surface area (Å²) in [6.07, 6.45) is 5.26. The van der Waals surface area contributed by atoms with Crippen LogP contribution < -0.4 is 0 Å². The molecule has 0 spiro atoms. The number of aliphatic carboxylic acids is 1. The van der Waals surface area contributed by atoms with Crippen molar-refractivity contribution in [3.05, 3.63) is 0 Å². The zero-order valence-electron chi connectivity index (χ0n) is 12.0. The summed E-state index contributed by atoms with van der Waals surface area (Å²) in [5, 5.41) is 8.70. The van der Waals surface area contributed by atoms with E-state index in [0.717, 1.165) is 25.6 Å². The number of carbonyl (C=O) groups excluding carboxylic acids is 1. The van der Waals surface area contributed by atoms with E-state index in [-0.39, 0.29) is 18.7 Å². The molecule has 3 saturated heterocycles. The summed E-state index contributed by atoms with van der Waals surface area (Å²) in [6.45, 7) is 3.97. The number of nitrogens with zero attached hydrogens (tertiary/aromatic N) is 2. The van der Waals surface area contributed by atoms with Crippen LogP contribution in [0.5, 0.6) is 0 Å². The van der Waals surface area contributed by atoms with E-state index in [0.29, 0.717) is 12.0 Å². The smallest absolute Gasteiger partial charge is 0.303 e. The molecule has 4 rings (SSSR count). The molecule has 1 aliphatic carbocycles. The Balaban J connectivity index is 1.58. The Bertz CT molecular complexity index is 395. The van der Waals surface area contributed by atoms with Crippen LogP contribution in [-0.4, -0.2) is 59.0 Å². The van der Waals surface area contributed by atoms with Gasteiger partial charge in [-0.25, -0.2) is 0 Å². The van der Waals surface area contributed by atoms with Crippen LogP contribution in [0.15, 0.2) is 0 Å². The molecule has 1 amide bonds. The topological polar surface area (TPSA) is 60.9 Å². The number of fused-ring (bicyclic) bond motifs is 4. The molecule has 4 fully saturated rings. The van der Waals surface area contributed by atoms with Crippen LogP contribution in [-0.2, 0) is 9.59 Å². The van der Waals surface area contributed by atoms with Gasteiger partial charge in [0.05, 0.1) is 6.42 Å². The number of hydrogen-bond acceptors (Lipinski definition) is 3. The van der Waals surface area contributed by atoms with Crippen molar-refractivity contribution in [3.8, 4) is 0 Å². The van der Waals surface area contributed by atoms with E-state index in [1.54, 1.807) is 0 Å². The van der Waals surface area contributed by atoms with Gasteiger partial charge in [-0.15, -0.1) is 0 Å². The van der Waals surface area contributed by atoms with E-state index >= 15 is 0 Å². The molecule has 5 heteroatoms. The second-order valence-electron chi connectivity index (χ2n) is 6.69. The predicted octanol–water partition coefficient (Wildman–Crippen LogP) is 1.18. The molecule has 2 bridgehead atoms. The van der Waals surface area contributed by atoms with Gasteiger partial charge >= 0.3 is 5.97 Å². The molecule has 2 atom stereocenters. The van der Waals surface area contributed by atoms with E-state index in [2.05, 4.69) is 4.90 Å². The number of hydrogen-bond donors (Lipinski definition) is 1. The highest BCUT2D eigenvalue weighted by Crippen LogP contribution is 2.34. The molecule has 112 valence electrons. The first-order valence-corrected chi connectivity index (χ1v) is 7.85. The maximum atomic E-state index is 12.2. The first kappa shape index (κ1) is 13.9. The second-order valence-corrected chi connectivity index (χ2v) is 6.69. The number of rotatable bonds is 5. The molecule has 0 unspecified atom stereocenters. The SMILES string of the molecule is O=C(O)CCC(=O)N1C[C@@H]2CC[C@H](C1)N(CC1CC1)C2. The lowest BCUT2D eigenvalue weighted by molar-refractivity contribution is -0.141. The fourth-order valence-corrected chi connectivity index (χ4v) is 3.61. The van der Waals surface area contributed by atoms with Crippen LogP contribution in [0.4, 0.5) is 0 Å². The van der Waals surface area contributed by atoms with Crippen molar-refractivity contribution >= 4 is 11.9 Å². The standard InChI is InChI=1S/C15H24N2O3/c18-14(5-6-15(19)20)17-9-12-3-4-13(10-17)16(8-12)7-11-1-2-11/h11-13H,1-10H2,(H,19,20)/t12-,13-/m1/s1. The highest BCUT2D eigenvalue weighted by molar-refractivity contribution is 5.80. The molecular weight excluding hydrogens is 256 g/mol. The molecule has 0 radical (unpaired) electrons. The summed E-state index contributed by atoms with van der Waals surface area (Å²) in [5.74, 6) is 0.621. The molecule has 4 aliphatic rings. The van der Waals surface area contributed by atoms with Crippen LogP contribution in [0.3, 0.4) is 0 Å².